The molecule has 1 rings (SSSR count). The number of carbonyl (C=O) groups is 1. The van der Waals surface area contributed by atoms with E-state index in [0.29, 0.717) is 12.3 Å². The van der Waals surface area contributed by atoms with Crippen LogP contribution in [0.4, 0.5) is 0 Å². The van der Waals surface area contributed by atoms with Crippen molar-refractivity contribution in [2.24, 2.45) is 5.92 Å². The van der Waals surface area contributed by atoms with Gasteiger partial charge in [0, 0.05) is 0 Å². The van der Waals surface area contributed by atoms with E-state index in [0.717, 1.165) is 18.4 Å². The smallest absolute Gasteiger partial charge is 0.335 e. The van der Waals surface area contributed by atoms with Crippen LogP contribution in [-0.4, -0.2) is 16.2 Å². The average Bonchev–Trinajstić information content (AvgIpc) is 2.28. The lowest BCUT2D eigenvalue weighted by Gasteiger charge is -2.24. The molecule has 0 spiro atoms. The minimum atomic E-state index is -0.944. The summed E-state index contributed by atoms with van der Waals surface area (Å²) in [5.41, 5.74) is 0.138. The minimum Gasteiger partial charge on any atom is -0.478 e. The van der Waals surface area contributed by atoms with E-state index < -0.39 is 11.6 Å². The van der Waals surface area contributed by atoms with E-state index in [-0.39, 0.29) is 5.56 Å². The first-order valence-corrected chi connectivity index (χ1v) is 6.39. The molecule has 1 aromatic carbocycles. The SMILES string of the molecule is CC(C)CCC[C@](C)(O)c1ccc(C(=O)O)cc1. The molecule has 0 amide bonds. The molecule has 0 unspecified atom stereocenters. The maximum Gasteiger partial charge on any atom is 0.335 e. The highest BCUT2D eigenvalue weighted by atomic mass is 16.4. The van der Waals surface area contributed by atoms with Crippen molar-refractivity contribution in [3.63, 3.8) is 0 Å². The largest absolute Gasteiger partial charge is 0.478 e. The van der Waals surface area contributed by atoms with Gasteiger partial charge in [0.15, 0.2) is 0 Å². The highest BCUT2D eigenvalue weighted by Gasteiger charge is 2.22. The van der Waals surface area contributed by atoms with Crippen LogP contribution in [-0.2, 0) is 5.60 Å². The standard InChI is InChI=1S/C15H22O3/c1-11(2)5-4-10-15(3,18)13-8-6-12(7-9-13)14(16)17/h6-9,11,18H,4-5,10H2,1-3H3,(H,16,17)/t15-/m0/s1. The molecule has 2 N–H and O–H groups in total. The summed E-state index contributed by atoms with van der Waals surface area (Å²) in [6.45, 7) is 6.11. The number of aromatic carboxylic acids is 1. The lowest BCUT2D eigenvalue weighted by atomic mass is 9.89. The Balaban J connectivity index is 2.69. The molecule has 0 aliphatic rings. The predicted molar refractivity (Wildman–Crippen MR) is 71.7 cm³/mol. The van der Waals surface area contributed by atoms with Gasteiger partial charge in [0.2, 0.25) is 0 Å². The molecule has 0 aromatic heterocycles. The van der Waals surface area contributed by atoms with Crippen molar-refractivity contribution in [2.45, 2.75) is 45.6 Å². The Morgan fingerprint density at radius 3 is 2.28 bits per heavy atom. The summed E-state index contributed by atoms with van der Waals surface area (Å²) in [6.07, 6.45) is 2.74. The fraction of sp³-hybridized carbons (Fsp3) is 0.533. The molecule has 3 nitrogen and oxygen atoms in total. The van der Waals surface area contributed by atoms with Gasteiger partial charge in [0.25, 0.3) is 0 Å². The number of carboxylic acid groups (broad SMARTS) is 1. The van der Waals surface area contributed by atoms with Gasteiger partial charge in [0.1, 0.15) is 0 Å². The predicted octanol–water partition coefficient (Wildman–Crippen LogP) is 3.42. The van der Waals surface area contributed by atoms with Crippen molar-refractivity contribution in [2.75, 3.05) is 0 Å². The number of hydrogen-bond donors (Lipinski definition) is 2. The van der Waals surface area contributed by atoms with E-state index in [1.54, 1.807) is 19.1 Å². The summed E-state index contributed by atoms with van der Waals surface area (Å²) in [6, 6.07) is 6.46. The van der Waals surface area contributed by atoms with Crippen LogP contribution in [0.25, 0.3) is 0 Å². The van der Waals surface area contributed by atoms with Gasteiger partial charge in [-0.05, 0) is 43.4 Å². The number of benzene rings is 1. The van der Waals surface area contributed by atoms with Crippen LogP contribution in [0.1, 0.15) is 56.0 Å². The molecule has 0 aliphatic heterocycles. The van der Waals surface area contributed by atoms with E-state index in [9.17, 15) is 9.90 Å². The van der Waals surface area contributed by atoms with Gasteiger partial charge in [-0.2, -0.15) is 0 Å². The van der Waals surface area contributed by atoms with Gasteiger partial charge in [-0.3, -0.25) is 0 Å². The van der Waals surface area contributed by atoms with Crippen LogP contribution in [0.15, 0.2) is 24.3 Å². The third kappa shape index (κ3) is 4.15. The lowest BCUT2D eigenvalue weighted by Crippen LogP contribution is -2.21. The van der Waals surface area contributed by atoms with Crippen LogP contribution in [0.2, 0.25) is 0 Å². The van der Waals surface area contributed by atoms with Crippen LogP contribution in [0.5, 0.6) is 0 Å². The molecule has 0 bridgehead atoms. The fourth-order valence-corrected chi connectivity index (χ4v) is 1.97. The van der Waals surface area contributed by atoms with Gasteiger partial charge < -0.3 is 10.2 Å². The summed E-state index contributed by atoms with van der Waals surface area (Å²) in [7, 11) is 0. The van der Waals surface area contributed by atoms with Crippen molar-refractivity contribution in [1.29, 1.82) is 0 Å². The van der Waals surface area contributed by atoms with Gasteiger partial charge in [-0.15, -0.1) is 0 Å². The molecule has 0 heterocycles. The molecule has 0 radical (unpaired) electrons. The Labute approximate surface area is 108 Å². The summed E-state index contributed by atoms with van der Waals surface area (Å²) < 4.78 is 0. The van der Waals surface area contributed by atoms with Crippen molar-refractivity contribution in [3.8, 4) is 0 Å². The molecular formula is C15H22O3. The Hall–Kier alpha value is -1.35. The molecule has 18 heavy (non-hydrogen) atoms. The van der Waals surface area contributed by atoms with Crippen molar-refractivity contribution in [1.82, 2.24) is 0 Å². The van der Waals surface area contributed by atoms with Crippen LogP contribution in [0, 0.1) is 5.92 Å². The monoisotopic (exact) mass is 250 g/mol. The first-order chi connectivity index (χ1) is 8.33. The quantitative estimate of drug-likeness (QED) is 0.813. The fourth-order valence-electron chi connectivity index (χ4n) is 1.97. The van der Waals surface area contributed by atoms with Crippen LogP contribution >= 0.6 is 0 Å². The molecular weight excluding hydrogens is 228 g/mol. The zero-order chi connectivity index (χ0) is 13.8. The topological polar surface area (TPSA) is 57.5 Å². The molecule has 100 valence electrons. The van der Waals surface area contributed by atoms with Crippen molar-refractivity contribution >= 4 is 5.97 Å². The first-order valence-electron chi connectivity index (χ1n) is 6.39. The second-order valence-corrected chi connectivity index (χ2v) is 5.44. The van der Waals surface area contributed by atoms with Crippen LogP contribution < -0.4 is 0 Å². The second kappa shape index (κ2) is 6.01. The Morgan fingerprint density at radius 2 is 1.83 bits per heavy atom. The minimum absolute atomic E-state index is 0.247. The molecule has 0 saturated carbocycles. The number of aliphatic hydroxyl groups is 1. The molecule has 0 aliphatic carbocycles. The third-order valence-electron chi connectivity index (χ3n) is 3.20. The van der Waals surface area contributed by atoms with Crippen molar-refractivity contribution < 1.29 is 15.0 Å². The molecule has 1 atom stereocenters. The van der Waals surface area contributed by atoms with Crippen LogP contribution in [0.3, 0.4) is 0 Å². The summed E-state index contributed by atoms with van der Waals surface area (Å²) in [5.74, 6) is -0.309. The third-order valence-corrected chi connectivity index (χ3v) is 3.20. The number of carboxylic acids is 1. The Bertz CT molecular complexity index is 391. The van der Waals surface area contributed by atoms with E-state index >= 15 is 0 Å². The van der Waals surface area contributed by atoms with Gasteiger partial charge >= 0.3 is 5.97 Å². The van der Waals surface area contributed by atoms with E-state index in [4.69, 9.17) is 5.11 Å². The van der Waals surface area contributed by atoms with E-state index in [1.807, 2.05) is 0 Å². The normalized spacial score (nSPS) is 14.5. The molecule has 3 heteroatoms. The number of hydrogen-bond acceptors (Lipinski definition) is 2. The van der Waals surface area contributed by atoms with Gasteiger partial charge in [-0.1, -0.05) is 32.4 Å². The Morgan fingerprint density at radius 1 is 1.28 bits per heavy atom. The maximum absolute atomic E-state index is 10.7. The highest BCUT2D eigenvalue weighted by Crippen LogP contribution is 2.27. The first kappa shape index (κ1) is 14.7. The van der Waals surface area contributed by atoms with Crippen molar-refractivity contribution in [3.05, 3.63) is 35.4 Å². The zero-order valence-corrected chi connectivity index (χ0v) is 11.3. The average molecular weight is 250 g/mol. The second-order valence-electron chi connectivity index (χ2n) is 5.44. The van der Waals surface area contributed by atoms with Gasteiger partial charge in [-0.25, -0.2) is 4.79 Å². The summed E-state index contributed by atoms with van der Waals surface area (Å²) in [5, 5.41) is 19.2. The molecule has 0 saturated heterocycles. The Kier molecular flexibility index (Phi) is 4.91. The van der Waals surface area contributed by atoms with E-state index in [1.165, 1.54) is 12.1 Å². The number of rotatable bonds is 6. The maximum atomic E-state index is 10.7. The zero-order valence-electron chi connectivity index (χ0n) is 11.3. The molecule has 0 fully saturated rings. The highest BCUT2D eigenvalue weighted by molar-refractivity contribution is 5.87. The summed E-state index contributed by atoms with van der Waals surface area (Å²) >= 11 is 0. The molecule has 1 aromatic rings. The van der Waals surface area contributed by atoms with E-state index in [2.05, 4.69) is 13.8 Å². The van der Waals surface area contributed by atoms with Gasteiger partial charge in [0.05, 0.1) is 11.2 Å². The lowest BCUT2D eigenvalue weighted by molar-refractivity contribution is 0.0439. The summed E-state index contributed by atoms with van der Waals surface area (Å²) in [4.78, 5) is 10.7.